The molecule has 0 spiro atoms. The molecule has 9 heavy (non-hydrogen) atoms. The van der Waals surface area contributed by atoms with Crippen LogP contribution in [0.1, 0.15) is 19.8 Å². The van der Waals surface area contributed by atoms with E-state index in [4.69, 9.17) is 5.73 Å². The Kier molecular flexibility index (Phi) is 2.01. The molecule has 0 aliphatic carbocycles. The van der Waals surface area contributed by atoms with Gasteiger partial charge in [-0.1, -0.05) is 6.08 Å². The molecule has 1 unspecified atom stereocenters. The minimum absolute atomic E-state index is 0.242. The SMILES string of the molecule is CC(N)CC1=CCC=N1. The second kappa shape index (κ2) is 2.78. The van der Waals surface area contributed by atoms with E-state index >= 15 is 0 Å². The van der Waals surface area contributed by atoms with Crippen LogP contribution in [0.5, 0.6) is 0 Å². The summed E-state index contributed by atoms with van der Waals surface area (Å²) in [5.74, 6) is 0. The summed E-state index contributed by atoms with van der Waals surface area (Å²) in [5.41, 5.74) is 6.70. The van der Waals surface area contributed by atoms with Gasteiger partial charge in [0, 0.05) is 30.8 Å². The predicted octanol–water partition coefficient (Wildman–Crippen LogP) is 1.08. The van der Waals surface area contributed by atoms with Gasteiger partial charge in [-0.25, -0.2) is 0 Å². The summed E-state index contributed by atoms with van der Waals surface area (Å²) in [5, 5.41) is 0. The Morgan fingerprint density at radius 1 is 1.89 bits per heavy atom. The van der Waals surface area contributed by atoms with Crippen molar-refractivity contribution in [2.45, 2.75) is 25.8 Å². The lowest BCUT2D eigenvalue weighted by Gasteiger charge is -2.01. The van der Waals surface area contributed by atoms with Crippen molar-refractivity contribution >= 4 is 6.21 Å². The molecule has 2 N–H and O–H groups in total. The molecule has 2 heteroatoms. The zero-order chi connectivity index (χ0) is 6.69. The molecule has 1 rings (SSSR count). The van der Waals surface area contributed by atoms with Crippen molar-refractivity contribution in [3.63, 3.8) is 0 Å². The van der Waals surface area contributed by atoms with Crippen molar-refractivity contribution in [1.29, 1.82) is 0 Å². The van der Waals surface area contributed by atoms with Gasteiger partial charge in [0.1, 0.15) is 0 Å². The van der Waals surface area contributed by atoms with E-state index in [9.17, 15) is 0 Å². The van der Waals surface area contributed by atoms with Crippen LogP contribution in [-0.2, 0) is 0 Å². The first kappa shape index (κ1) is 6.49. The van der Waals surface area contributed by atoms with Crippen LogP contribution in [0.3, 0.4) is 0 Å². The van der Waals surface area contributed by atoms with Crippen LogP contribution in [0.25, 0.3) is 0 Å². The van der Waals surface area contributed by atoms with Crippen molar-refractivity contribution < 1.29 is 0 Å². The highest BCUT2D eigenvalue weighted by Crippen LogP contribution is 2.10. The summed E-state index contributed by atoms with van der Waals surface area (Å²) in [6, 6.07) is 0.242. The zero-order valence-electron chi connectivity index (χ0n) is 5.67. The quantitative estimate of drug-likeness (QED) is 0.587. The molecular formula is C7H12N2. The Hall–Kier alpha value is -0.630. The van der Waals surface area contributed by atoms with E-state index in [2.05, 4.69) is 11.1 Å². The standard InChI is InChI=1S/C7H12N2/c1-6(8)5-7-3-2-4-9-7/h3-4,6H,2,5,8H2,1H3. The fourth-order valence-electron chi connectivity index (χ4n) is 0.877. The van der Waals surface area contributed by atoms with Gasteiger partial charge in [0.05, 0.1) is 0 Å². The third-order valence-corrected chi connectivity index (χ3v) is 1.25. The molecule has 0 bridgehead atoms. The molecule has 0 aromatic heterocycles. The van der Waals surface area contributed by atoms with Crippen LogP contribution in [0.4, 0.5) is 0 Å². The van der Waals surface area contributed by atoms with Gasteiger partial charge in [0.15, 0.2) is 0 Å². The maximum atomic E-state index is 5.56. The molecule has 0 saturated heterocycles. The van der Waals surface area contributed by atoms with Gasteiger partial charge < -0.3 is 5.73 Å². The third-order valence-electron chi connectivity index (χ3n) is 1.25. The Bertz CT molecular complexity index is 145. The number of nitrogens with zero attached hydrogens (tertiary/aromatic N) is 1. The van der Waals surface area contributed by atoms with Crippen LogP contribution < -0.4 is 5.73 Å². The number of allylic oxidation sites excluding steroid dienone is 1. The van der Waals surface area contributed by atoms with Gasteiger partial charge >= 0.3 is 0 Å². The first-order chi connectivity index (χ1) is 4.29. The van der Waals surface area contributed by atoms with Gasteiger partial charge in [-0.15, -0.1) is 0 Å². The summed E-state index contributed by atoms with van der Waals surface area (Å²) < 4.78 is 0. The fraction of sp³-hybridized carbons (Fsp3) is 0.571. The van der Waals surface area contributed by atoms with E-state index in [0.717, 1.165) is 18.5 Å². The fourth-order valence-corrected chi connectivity index (χ4v) is 0.877. The topological polar surface area (TPSA) is 38.4 Å². The minimum atomic E-state index is 0.242. The summed E-state index contributed by atoms with van der Waals surface area (Å²) in [6.07, 6.45) is 5.93. The van der Waals surface area contributed by atoms with E-state index < -0.39 is 0 Å². The average molecular weight is 124 g/mol. The van der Waals surface area contributed by atoms with Crippen molar-refractivity contribution in [2.75, 3.05) is 0 Å². The van der Waals surface area contributed by atoms with E-state index in [1.807, 2.05) is 13.1 Å². The van der Waals surface area contributed by atoms with Crippen LogP contribution in [0.15, 0.2) is 16.8 Å². The molecule has 0 aromatic carbocycles. The average Bonchev–Trinajstić information content (AvgIpc) is 2.15. The lowest BCUT2D eigenvalue weighted by atomic mass is 10.2. The largest absolute Gasteiger partial charge is 0.328 e. The summed E-state index contributed by atoms with van der Waals surface area (Å²) in [6.45, 7) is 1.99. The van der Waals surface area contributed by atoms with E-state index in [-0.39, 0.29) is 6.04 Å². The number of aliphatic imine (C=N–C) groups is 1. The van der Waals surface area contributed by atoms with Crippen LogP contribution >= 0.6 is 0 Å². The highest BCUT2D eigenvalue weighted by atomic mass is 14.8. The molecule has 0 aromatic rings. The van der Waals surface area contributed by atoms with E-state index in [1.165, 1.54) is 0 Å². The molecule has 1 aliphatic heterocycles. The molecule has 1 atom stereocenters. The number of hydrogen-bond acceptors (Lipinski definition) is 2. The van der Waals surface area contributed by atoms with Crippen LogP contribution in [-0.4, -0.2) is 12.3 Å². The monoisotopic (exact) mass is 124 g/mol. The first-order valence-electron chi connectivity index (χ1n) is 3.26. The van der Waals surface area contributed by atoms with Gasteiger partial charge in [-0.3, -0.25) is 4.99 Å². The van der Waals surface area contributed by atoms with Gasteiger partial charge in [0.2, 0.25) is 0 Å². The molecule has 2 nitrogen and oxygen atoms in total. The maximum Gasteiger partial charge on any atom is 0.0379 e. The Balaban J connectivity index is 2.35. The molecule has 0 saturated carbocycles. The summed E-state index contributed by atoms with van der Waals surface area (Å²) >= 11 is 0. The lowest BCUT2D eigenvalue weighted by molar-refractivity contribution is 0.728. The van der Waals surface area contributed by atoms with Crippen molar-refractivity contribution in [3.8, 4) is 0 Å². The number of nitrogens with two attached hydrogens (primary N) is 1. The second-order valence-electron chi connectivity index (χ2n) is 2.42. The molecule has 0 radical (unpaired) electrons. The van der Waals surface area contributed by atoms with Crippen molar-refractivity contribution in [3.05, 3.63) is 11.8 Å². The first-order valence-corrected chi connectivity index (χ1v) is 3.26. The molecule has 0 fully saturated rings. The lowest BCUT2D eigenvalue weighted by Crippen LogP contribution is -2.14. The molecule has 50 valence electrons. The van der Waals surface area contributed by atoms with Gasteiger partial charge in [0.25, 0.3) is 0 Å². The summed E-state index contributed by atoms with van der Waals surface area (Å²) in [7, 11) is 0. The van der Waals surface area contributed by atoms with Gasteiger partial charge in [-0.2, -0.15) is 0 Å². The minimum Gasteiger partial charge on any atom is -0.328 e. The van der Waals surface area contributed by atoms with E-state index in [0.29, 0.717) is 0 Å². The Morgan fingerprint density at radius 3 is 3.11 bits per heavy atom. The Morgan fingerprint density at radius 2 is 2.67 bits per heavy atom. The highest BCUT2D eigenvalue weighted by Gasteiger charge is 2.01. The summed E-state index contributed by atoms with van der Waals surface area (Å²) in [4.78, 5) is 4.13. The predicted molar refractivity (Wildman–Crippen MR) is 39.5 cm³/mol. The number of rotatable bonds is 2. The zero-order valence-corrected chi connectivity index (χ0v) is 5.67. The molecule has 1 aliphatic rings. The molecule has 1 heterocycles. The number of hydrogen-bond donors (Lipinski definition) is 1. The van der Waals surface area contributed by atoms with E-state index in [1.54, 1.807) is 0 Å². The normalized spacial score (nSPS) is 20.0. The maximum absolute atomic E-state index is 5.56. The smallest absolute Gasteiger partial charge is 0.0379 e. The second-order valence-corrected chi connectivity index (χ2v) is 2.42. The van der Waals surface area contributed by atoms with Gasteiger partial charge in [-0.05, 0) is 6.92 Å². The van der Waals surface area contributed by atoms with Crippen molar-refractivity contribution in [1.82, 2.24) is 0 Å². The third kappa shape index (κ3) is 1.98. The van der Waals surface area contributed by atoms with Crippen LogP contribution in [0, 0.1) is 0 Å². The van der Waals surface area contributed by atoms with Crippen molar-refractivity contribution in [2.24, 2.45) is 10.7 Å². The highest BCUT2D eigenvalue weighted by molar-refractivity contribution is 5.64. The van der Waals surface area contributed by atoms with Crippen LogP contribution in [0.2, 0.25) is 0 Å². The molecular weight excluding hydrogens is 112 g/mol. The Labute approximate surface area is 55.5 Å². The molecule has 0 amide bonds.